The molecule has 1 heterocycles. The fraction of sp³-hybridized carbons (Fsp3) is 0.381. The Labute approximate surface area is 181 Å². The van der Waals surface area contributed by atoms with Crippen molar-refractivity contribution < 1.29 is 22.9 Å². The molecule has 10 heteroatoms. The summed E-state index contributed by atoms with van der Waals surface area (Å²) in [6, 6.07) is 9.54. The van der Waals surface area contributed by atoms with Crippen molar-refractivity contribution in [2.45, 2.75) is 44.1 Å². The van der Waals surface area contributed by atoms with Gasteiger partial charge >= 0.3 is 0 Å². The second-order valence-corrected chi connectivity index (χ2v) is 9.49. The van der Waals surface area contributed by atoms with Crippen LogP contribution in [0.25, 0.3) is 0 Å². The number of piperidine rings is 1. The van der Waals surface area contributed by atoms with E-state index in [9.17, 15) is 23.3 Å². The molecule has 166 valence electrons. The lowest BCUT2D eigenvalue weighted by molar-refractivity contribution is -0.384. The molecular formula is C21H25N3O6S. The Morgan fingerprint density at radius 1 is 1.10 bits per heavy atom. The number of nitro benzene ring substituents is 1. The number of ether oxygens (including phenoxy) is 1. The normalized spacial score (nSPS) is 14.9. The second-order valence-electron chi connectivity index (χ2n) is 7.55. The van der Waals surface area contributed by atoms with Gasteiger partial charge in [-0.1, -0.05) is 6.42 Å². The maximum Gasteiger partial charge on any atom is 0.269 e. The van der Waals surface area contributed by atoms with E-state index in [-0.39, 0.29) is 27.9 Å². The van der Waals surface area contributed by atoms with Crippen LogP contribution < -0.4 is 10.1 Å². The molecule has 0 saturated carbocycles. The summed E-state index contributed by atoms with van der Waals surface area (Å²) < 4.78 is 33.3. The lowest BCUT2D eigenvalue weighted by Gasteiger charge is -2.26. The standard InChI is InChI=1S/C21H25N3O6S/c1-15(2)30-20-11-10-18(31(28,29)23-12-4-3-5-13-23)14-19(20)22-21(25)16-6-8-17(9-7-16)24(26)27/h6-11,14-15H,3-5,12-13H2,1-2H3,(H,22,25). The Morgan fingerprint density at radius 3 is 2.32 bits per heavy atom. The largest absolute Gasteiger partial charge is 0.489 e. The zero-order valence-corrected chi connectivity index (χ0v) is 18.2. The van der Waals surface area contributed by atoms with Gasteiger partial charge in [0.05, 0.1) is 21.6 Å². The summed E-state index contributed by atoms with van der Waals surface area (Å²) in [4.78, 5) is 23.0. The molecular weight excluding hydrogens is 422 g/mol. The molecule has 1 amide bonds. The van der Waals surface area contributed by atoms with E-state index in [4.69, 9.17) is 4.74 Å². The number of anilines is 1. The number of rotatable bonds is 7. The van der Waals surface area contributed by atoms with Crippen molar-refractivity contribution in [1.82, 2.24) is 4.31 Å². The van der Waals surface area contributed by atoms with E-state index in [1.54, 1.807) is 0 Å². The highest BCUT2D eigenvalue weighted by Gasteiger charge is 2.27. The van der Waals surface area contributed by atoms with E-state index in [0.717, 1.165) is 19.3 Å². The van der Waals surface area contributed by atoms with Gasteiger partial charge < -0.3 is 10.1 Å². The van der Waals surface area contributed by atoms with Crippen molar-refractivity contribution in [1.29, 1.82) is 0 Å². The van der Waals surface area contributed by atoms with Gasteiger partial charge in [-0.15, -0.1) is 0 Å². The van der Waals surface area contributed by atoms with E-state index < -0.39 is 20.9 Å². The van der Waals surface area contributed by atoms with E-state index in [0.29, 0.717) is 18.8 Å². The highest BCUT2D eigenvalue weighted by Crippen LogP contribution is 2.31. The van der Waals surface area contributed by atoms with Crippen LogP contribution in [0.1, 0.15) is 43.5 Å². The smallest absolute Gasteiger partial charge is 0.269 e. The van der Waals surface area contributed by atoms with Crippen LogP contribution in [0.5, 0.6) is 5.75 Å². The first-order valence-electron chi connectivity index (χ1n) is 10.0. The minimum absolute atomic E-state index is 0.0736. The molecule has 3 rings (SSSR count). The average Bonchev–Trinajstić information content (AvgIpc) is 2.75. The molecule has 0 atom stereocenters. The molecule has 1 saturated heterocycles. The summed E-state index contributed by atoms with van der Waals surface area (Å²) >= 11 is 0. The molecule has 31 heavy (non-hydrogen) atoms. The Balaban J connectivity index is 1.91. The summed E-state index contributed by atoms with van der Waals surface area (Å²) in [5.41, 5.74) is 0.288. The molecule has 0 radical (unpaired) electrons. The number of non-ortho nitro benzene ring substituents is 1. The summed E-state index contributed by atoms with van der Waals surface area (Å²) in [5.74, 6) is -0.195. The third-order valence-corrected chi connectivity index (χ3v) is 6.75. The fourth-order valence-corrected chi connectivity index (χ4v) is 4.85. The van der Waals surface area contributed by atoms with Crippen molar-refractivity contribution in [2.75, 3.05) is 18.4 Å². The Kier molecular flexibility index (Phi) is 6.91. The van der Waals surface area contributed by atoms with Gasteiger partial charge in [-0.05, 0) is 57.0 Å². The number of carbonyl (C=O) groups excluding carboxylic acids is 1. The molecule has 9 nitrogen and oxygen atoms in total. The Morgan fingerprint density at radius 2 is 1.74 bits per heavy atom. The number of sulfonamides is 1. The van der Waals surface area contributed by atoms with Crippen molar-refractivity contribution in [2.24, 2.45) is 0 Å². The maximum absolute atomic E-state index is 13.0. The number of carbonyl (C=O) groups is 1. The number of hydrogen-bond acceptors (Lipinski definition) is 6. The first-order chi connectivity index (χ1) is 14.7. The van der Waals surface area contributed by atoms with Crippen LogP contribution in [-0.2, 0) is 10.0 Å². The lowest BCUT2D eigenvalue weighted by Crippen LogP contribution is -2.35. The molecule has 2 aromatic carbocycles. The van der Waals surface area contributed by atoms with Gasteiger partial charge in [-0.25, -0.2) is 8.42 Å². The number of amides is 1. The van der Waals surface area contributed by atoms with Crippen molar-refractivity contribution >= 4 is 27.3 Å². The zero-order chi connectivity index (χ0) is 22.6. The Bertz CT molecular complexity index is 1060. The highest BCUT2D eigenvalue weighted by molar-refractivity contribution is 7.89. The van der Waals surface area contributed by atoms with Gasteiger partial charge in [0.15, 0.2) is 0 Å². The van der Waals surface area contributed by atoms with Crippen molar-refractivity contribution in [3.05, 3.63) is 58.1 Å². The van der Waals surface area contributed by atoms with Gasteiger partial charge in [0.25, 0.3) is 11.6 Å². The van der Waals surface area contributed by atoms with Crippen LogP contribution in [0.15, 0.2) is 47.4 Å². The number of nitrogens with one attached hydrogen (secondary N) is 1. The van der Waals surface area contributed by atoms with Crippen LogP contribution in [0, 0.1) is 10.1 Å². The minimum Gasteiger partial charge on any atom is -0.489 e. The number of nitrogens with zero attached hydrogens (tertiary/aromatic N) is 2. The molecule has 0 spiro atoms. The highest BCUT2D eigenvalue weighted by atomic mass is 32.2. The third-order valence-electron chi connectivity index (χ3n) is 4.86. The Hall–Kier alpha value is -2.98. The molecule has 2 aromatic rings. The topological polar surface area (TPSA) is 119 Å². The molecule has 0 bridgehead atoms. The van der Waals surface area contributed by atoms with Crippen LogP contribution in [-0.4, -0.2) is 42.7 Å². The fourth-order valence-electron chi connectivity index (χ4n) is 3.31. The number of benzene rings is 2. The van der Waals surface area contributed by atoms with Crippen molar-refractivity contribution in [3.63, 3.8) is 0 Å². The van der Waals surface area contributed by atoms with Gasteiger partial charge in [0, 0.05) is 30.8 Å². The summed E-state index contributed by atoms with van der Waals surface area (Å²) in [6.07, 6.45) is 2.44. The van der Waals surface area contributed by atoms with Crippen LogP contribution in [0.3, 0.4) is 0 Å². The molecule has 1 N–H and O–H groups in total. The first-order valence-corrected chi connectivity index (χ1v) is 11.5. The molecule has 1 fully saturated rings. The summed E-state index contributed by atoms with van der Waals surface area (Å²) in [7, 11) is -3.69. The summed E-state index contributed by atoms with van der Waals surface area (Å²) in [5, 5.41) is 13.5. The van der Waals surface area contributed by atoms with E-state index in [2.05, 4.69) is 5.32 Å². The lowest BCUT2D eigenvalue weighted by atomic mass is 10.2. The molecule has 0 aliphatic carbocycles. The maximum atomic E-state index is 13.0. The predicted molar refractivity (Wildman–Crippen MR) is 116 cm³/mol. The minimum atomic E-state index is -3.69. The monoisotopic (exact) mass is 447 g/mol. The molecule has 0 unspecified atom stereocenters. The van der Waals surface area contributed by atoms with Gasteiger partial charge in [-0.2, -0.15) is 4.31 Å². The zero-order valence-electron chi connectivity index (χ0n) is 17.4. The second kappa shape index (κ2) is 9.44. The predicted octanol–water partition coefficient (Wildman–Crippen LogP) is 3.81. The van der Waals surface area contributed by atoms with Crippen molar-refractivity contribution in [3.8, 4) is 5.75 Å². The number of nitro groups is 1. The third kappa shape index (κ3) is 5.39. The van der Waals surface area contributed by atoms with Gasteiger partial charge in [-0.3, -0.25) is 14.9 Å². The van der Waals surface area contributed by atoms with Crippen LogP contribution in [0.4, 0.5) is 11.4 Å². The first kappa shape index (κ1) is 22.7. The van der Waals surface area contributed by atoms with E-state index in [1.165, 1.54) is 46.8 Å². The molecule has 1 aliphatic heterocycles. The summed E-state index contributed by atoms with van der Waals surface area (Å²) in [6.45, 7) is 4.58. The van der Waals surface area contributed by atoms with E-state index in [1.807, 2.05) is 13.8 Å². The molecule has 1 aliphatic rings. The average molecular weight is 448 g/mol. The SMILES string of the molecule is CC(C)Oc1ccc(S(=O)(=O)N2CCCCC2)cc1NC(=O)c1ccc([N+](=O)[O-])cc1. The van der Waals surface area contributed by atoms with Crippen LogP contribution in [0.2, 0.25) is 0 Å². The van der Waals surface area contributed by atoms with Gasteiger partial charge in [0.2, 0.25) is 10.0 Å². The number of hydrogen-bond donors (Lipinski definition) is 1. The molecule has 0 aromatic heterocycles. The van der Waals surface area contributed by atoms with Gasteiger partial charge in [0.1, 0.15) is 5.75 Å². The van der Waals surface area contributed by atoms with Crippen LogP contribution >= 0.6 is 0 Å². The van der Waals surface area contributed by atoms with E-state index >= 15 is 0 Å². The quantitative estimate of drug-likeness (QED) is 0.509.